The Morgan fingerprint density at radius 2 is 1.61 bits per heavy atom. The second-order valence-corrected chi connectivity index (χ2v) is 6.87. The van der Waals surface area contributed by atoms with E-state index < -0.39 is 0 Å². The van der Waals surface area contributed by atoms with Gasteiger partial charge in [0.05, 0.1) is 18.9 Å². The highest BCUT2D eigenvalue weighted by Crippen LogP contribution is 2.26. The molecule has 0 heterocycles. The number of hydrogen-bond acceptors (Lipinski definition) is 4. The summed E-state index contributed by atoms with van der Waals surface area (Å²) in [6.45, 7) is 0.377. The minimum atomic E-state index is -0.348. The number of carbonyl (C=O) groups is 1. The molecule has 0 aliphatic rings. The number of nitrogens with zero attached hydrogens (tertiary/aromatic N) is 1. The molecule has 0 aliphatic heterocycles. The summed E-state index contributed by atoms with van der Waals surface area (Å²) in [5, 5.41) is 6.23. The van der Waals surface area contributed by atoms with E-state index in [-0.39, 0.29) is 5.91 Å². The third-order valence-electron chi connectivity index (χ3n) is 4.88. The van der Waals surface area contributed by atoms with Crippen molar-refractivity contribution >= 4 is 22.9 Å². The van der Waals surface area contributed by atoms with Gasteiger partial charge < -0.3 is 9.47 Å². The Morgan fingerprint density at radius 1 is 0.871 bits per heavy atom. The number of hydrazone groups is 1. The molecule has 4 rings (SSSR count). The summed E-state index contributed by atoms with van der Waals surface area (Å²) in [6, 6.07) is 28.7. The molecule has 4 aromatic rings. The highest BCUT2D eigenvalue weighted by atomic mass is 16.5. The molecule has 5 nitrogen and oxygen atoms in total. The Bertz CT molecular complexity index is 1220. The molecule has 0 spiro atoms. The van der Waals surface area contributed by atoms with E-state index >= 15 is 0 Å². The lowest BCUT2D eigenvalue weighted by molar-refractivity contribution is 0.0950. The van der Waals surface area contributed by atoms with Gasteiger partial charge >= 0.3 is 0 Å². The van der Waals surface area contributed by atoms with Crippen molar-refractivity contribution < 1.29 is 14.3 Å². The van der Waals surface area contributed by atoms with Crippen LogP contribution in [0.15, 0.2) is 96.1 Å². The van der Waals surface area contributed by atoms with Gasteiger partial charge in [0.25, 0.3) is 5.91 Å². The first-order valence-electron chi connectivity index (χ1n) is 9.91. The molecule has 31 heavy (non-hydrogen) atoms. The van der Waals surface area contributed by atoms with Gasteiger partial charge in [0.15, 0.2) is 0 Å². The molecule has 0 radical (unpaired) electrons. The number of rotatable bonds is 7. The van der Waals surface area contributed by atoms with Crippen molar-refractivity contribution in [2.24, 2.45) is 5.10 Å². The molecule has 0 aliphatic carbocycles. The first kappa shape index (κ1) is 20.2. The monoisotopic (exact) mass is 410 g/mol. The maximum atomic E-state index is 12.7. The number of carbonyl (C=O) groups excluding carboxylic acids is 1. The maximum Gasteiger partial charge on any atom is 0.275 e. The van der Waals surface area contributed by atoms with Gasteiger partial charge in [-0.15, -0.1) is 0 Å². The average molecular weight is 410 g/mol. The predicted molar refractivity (Wildman–Crippen MR) is 123 cm³/mol. The van der Waals surface area contributed by atoms with Gasteiger partial charge in [-0.25, -0.2) is 5.43 Å². The molecule has 4 aromatic carbocycles. The van der Waals surface area contributed by atoms with Crippen LogP contribution in [0.4, 0.5) is 0 Å². The Hall–Kier alpha value is -4.12. The van der Waals surface area contributed by atoms with Crippen LogP contribution >= 0.6 is 0 Å². The normalized spacial score (nSPS) is 10.9. The maximum absolute atomic E-state index is 12.7. The van der Waals surface area contributed by atoms with Gasteiger partial charge in [-0.3, -0.25) is 4.79 Å². The van der Waals surface area contributed by atoms with Crippen LogP contribution < -0.4 is 14.9 Å². The Kier molecular flexibility index (Phi) is 6.24. The summed E-state index contributed by atoms with van der Waals surface area (Å²) >= 11 is 0. The van der Waals surface area contributed by atoms with Crippen molar-refractivity contribution in [2.75, 3.05) is 7.11 Å². The number of para-hydroxylation sites is 1. The zero-order valence-electron chi connectivity index (χ0n) is 17.1. The number of ether oxygens (including phenoxy) is 2. The van der Waals surface area contributed by atoms with Crippen molar-refractivity contribution in [3.8, 4) is 11.5 Å². The van der Waals surface area contributed by atoms with Crippen molar-refractivity contribution in [3.63, 3.8) is 0 Å². The van der Waals surface area contributed by atoms with Crippen molar-refractivity contribution in [2.45, 2.75) is 6.61 Å². The molecule has 154 valence electrons. The van der Waals surface area contributed by atoms with Crippen molar-refractivity contribution in [1.82, 2.24) is 5.43 Å². The highest BCUT2D eigenvalue weighted by Gasteiger charge is 2.12. The van der Waals surface area contributed by atoms with E-state index in [2.05, 4.69) is 10.5 Å². The Morgan fingerprint density at radius 3 is 2.45 bits per heavy atom. The van der Waals surface area contributed by atoms with Crippen molar-refractivity contribution in [3.05, 3.63) is 108 Å². The first-order valence-corrected chi connectivity index (χ1v) is 9.91. The van der Waals surface area contributed by atoms with E-state index in [9.17, 15) is 4.79 Å². The molecule has 0 bridgehead atoms. The molecule has 1 amide bonds. The van der Waals surface area contributed by atoms with Gasteiger partial charge in [0, 0.05) is 5.56 Å². The SMILES string of the molecule is COc1ccc2ccccc2c1/C=N/NC(=O)c1ccccc1OCc1ccccc1. The lowest BCUT2D eigenvalue weighted by atomic mass is 10.0. The summed E-state index contributed by atoms with van der Waals surface area (Å²) in [5.41, 5.74) is 4.84. The fraction of sp³-hybridized carbons (Fsp3) is 0.0769. The lowest BCUT2D eigenvalue weighted by Gasteiger charge is -2.11. The quantitative estimate of drug-likeness (QED) is 0.337. The smallest absolute Gasteiger partial charge is 0.275 e. The van der Waals surface area contributed by atoms with E-state index in [1.807, 2.05) is 72.8 Å². The molecule has 0 saturated carbocycles. The fourth-order valence-corrected chi connectivity index (χ4v) is 3.32. The van der Waals surface area contributed by atoms with E-state index in [4.69, 9.17) is 9.47 Å². The number of nitrogens with one attached hydrogen (secondary N) is 1. The van der Waals surface area contributed by atoms with Crippen LogP contribution in [-0.4, -0.2) is 19.2 Å². The predicted octanol–water partition coefficient (Wildman–Crippen LogP) is 5.19. The van der Waals surface area contributed by atoms with Crippen LogP contribution in [0.1, 0.15) is 21.5 Å². The summed E-state index contributed by atoms with van der Waals surface area (Å²) in [5.74, 6) is 0.837. The molecule has 0 aromatic heterocycles. The van der Waals surface area contributed by atoms with E-state index in [1.165, 1.54) is 0 Å². The molecular formula is C26H22N2O3. The number of benzene rings is 4. The van der Waals surface area contributed by atoms with Crippen LogP contribution in [0, 0.1) is 0 Å². The van der Waals surface area contributed by atoms with Crippen molar-refractivity contribution in [1.29, 1.82) is 0 Å². The van der Waals surface area contributed by atoms with Gasteiger partial charge in [-0.2, -0.15) is 5.10 Å². The number of fused-ring (bicyclic) bond motifs is 1. The molecule has 1 N–H and O–H groups in total. The Labute approximate surface area is 180 Å². The Balaban J connectivity index is 1.51. The minimum Gasteiger partial charge on any atom is -0.496 e. The molecular weight excluding hydrogens is 388 g/mol. The fourth-order valence-electron chi connectivity index (χ4n) is 3.32. The van der Waals surface area contributed by atoms with Gasteiger partial charge in [-0.1, -0.05) is 72.8 Å². The summed E-state index contributed by atoms with van der Waals surface area (Å²) in [7, 11) is 1.61. The molecule has 5 heteroatoms. The average Bonchev–Trinajstić information content (AvgIpc) is 2.83. The van der Waals surface area contributed by atoms with Crippen LogP contribution in [0.2, 0.25) is 0 Å². The third kappa shape index (κ3) is 4.73. The number of amides is 1. The van der Waals surface area contributed by atoms with Gasteiger partial charge in [0.1, 0.15) is 18.1 Å². The zero-order valence-corrected chi connectivity index (χ0v) is 17.1. The summed E-state index contributed by atoms with van der Waals surface area (Å²) in [4.78, 5) is 12.7. The topological polar surface area (TPSA) is 59.9 Å². The molecule has 0 unspecified atom stereocenters. The largest absolute Gasteiger partial charge is 0.496 e. The molecule has 0 atom stereocenters. The van der Waals surface area contributed by atoms with Crippen LogP contribution in [-0.2, 0) is 6.61 Å². The summed E-state index contributed by atoms with van der Waals surface area (Å²) < 4.78 is 11.3. The molecule has 0 saturated heterocycles. The second kappa shape index (κ2) is 9.59. The highest BCUT2D eigenvalue weighted by molar-refractivity contribution is 6.03. The summed E-state index contributed by atoms with van der Waals surface area (Å²) in [6.07, 6.45) is 1.60. The zero-order chi connectivity index (χ0) is 21.5. The minimum absolute atomic E-state index is 0.348. The van der Waals surface area contributed by atoms with Gasteiger partial charge in [-0.05, 0) is 34.5 Å². The standard InChI is InChI=1S/C26H22N2O3/c1-30-24-16-15-20-11-5-6-12-21(20)23(24)17-27-28-26(29)22-13-7-8-14-25(22)31-18-19-9-3-2-4-10-19/h2-17H,18H2,1H3,(H,28,29)/b27-17+. The molecule has 0 fully saturated rings. The van der Waals surface area contributed by atoms with Crippen LogP contribution in [0.5, 0.6) is 11.5 Å². The van der Waals surface area contributed by atoms with E-state index in [0.717, 1.165) is 21.9 Å². The second-order valence-electron chi connectivity index (χ2n) is 6.87. The number of hydrogen-bond donors (Lipinski definition) is 1. The van der Waals surface area contributed by atoms with Crippen LogP contribution in [0.25, 0.3) is 10.8 Å². The third-order valence-corrected chi connectivity index (χ3v) is 4.88. The van der Waals surface area contributed by atoms with Crippen LogP contribution in [0.3, 0.4) is 0 Å². The van der Waals surface area contributed by atoms with E-state index in [1.54, 1.807) is 31.5 Å². The van der Waals surface area contributed by atoms with Gasteiger partial charge in [0.2, 0.25) is 0 Å². The van der Waals surface area contributed by atoms with E-state index in [0.29, 0.717) is 23.7 Å². The number of methoxy groups -OCH3 is 1. The lowest BCUT2D eigenvalue weighted by Crippen LogP contribution is -2.18. The first-order chi connectivity index (χ1) is 15.3.